The van der Waals surface area contributed by atoms with E-state index in [2.05, 4.69) is 12.1 Å². The third-order valence-corrected chi connectivity index (χ3v) is 6.98. The van der Waals surface area contributed by atoms with Crippen molar-refractivity contribution in [3.8, 4) is 0 Å². The number of nitrogens with zero attached hydrogens (tertiary/aromatic N) is 3. The van der Waals surface area contributed by atoms with E-state index in [9.17, 15) is 9.90 Å². The SMILES string of the molecule is CN(Cc1ccccc1)C(=N)N1CCN(C(=O)C(O)(c2ccccc2)C2CCCC2)CC1. The van der Waals surface area contributed by atoms with Crippen LogP contribution in [0, 0.1) is 11.3 Å². The Bertz CT molecular complexity index is 906. The van der Waals surface area contributed by atoms with Gasteiger partial charge in [0.05, 0.1) is 0 Å². The van der Waals surface area contributed by atoms with Crippen LogP contribution in [-0.4, -0.2) is 64.9 Å². The Hall–Kier alpha value is -2.86. The van der Waals surface area contributed by atoms with Gasteiger partial charge in [0.1, 0.15) is 0 Å². The van der Waals surface area contributed by atoms with Crippen molar-refractivity contribution >= 4 is 11.9 Å². The Labute approximate surface area is 191 Å². The molecule has 170 valence electrons. The predicted molar refractivity (Wildman–Crippen MR) is 126 cm³/mol. The molecule has 4 rings (SSSR count). The lowest BCUT2D eigenvalue weighted by Gasteiger charge is -2.42. The molecule has 2 aliphatic rings. The summed E-state index contributed by atoms with van der Waals surface area (Å²) in [6.07, 6.45) is 3.88. The second kappa shape index (κ2) is 9.74. The van der Waals surface area contributed by atoms with Crippen molar-refractivity contribution in [2.45, 2.75) is 37.8 Å². The van der Waals surface area contributed by atoms with Crippen LogP contribution in [0.3, 0.4) is 0 Å². The molecule has 0 radical (unpaired) electrons. The average molecular weight is 435 g/mol. The van der Waals surface area contributed by atoms with Gasteiger partial charge >= 0.3 is 0 Å². The average Bonchev–Trinajstić information content (AvgIpc) is 3.39. The zero-order valence-corrected chi connectivity index (χ0v) is 18.9. The van der Waals surface area contributed by atoms with Gasteiger partial charge in [-0.15, -0.1) is 0 Å². The van der Waals surface area contributed by atoms with E-state index in [1.165, 1.54) is 0 Å². The van der Waals surface area contributed by atoms with Crippen molar-refractivity contribution < 1.29 is 9.90 Å². The number of carbonyl (C=O) groups excluding carboxylic acids is 1. The number of guanidine groups is 1. The summed E-state index contributed by atoms with van der Waals surface area (Å²) in [6, 6.07) is 19.6. The molecule has 6 nitrogen and oxygen atoms in total. The smallest absolute Gasteiger partial charge is 0.259 e. The Balaban J connectivity index is 1.41. The van der Waals surface area contributed by atoms with Crippen LogP contribution in [0.1, 0.15) is 36.8 Å². The van der Waals surface area contributed by atoms with Gasteiger partial charge in [-0.25, -0.2) is 0 Å². The maximum atomic E-state index is 13.7. The number of hydrogen-bond acceptors (Lipinski definition) is 3. The maximum absolute atomic E-state index is 13.7. The third-order valence-electron chi connectivity index (χ3n) is 6.98. The van der Waals surface area contributed by atoms with Gasteiger partial charge in [-0.05, 0) is 24.0 Å². The van der Waals surface area contributed by atoms with Gasteiger partial charge in [0, 0.05) is 45.7 Å². The fourth-order valence-electron chi connectivity index (χ4n) is 5.11. The third kappa shape index (κ3) is 4.51. The summed E-state index contributed by atoms with van der Waals surface area (Å²) < 4.78 is 0. The van der Waals surface area contributed by atoms with Crippen LogP contribution >= 0.6 is 0 Å². The van der Waals surface area contributed by atoms with Gasteiger partial charge in [0.25, 0.3) is 5.91 Å². The molecule has 1 aliphatic heterocycles. The second-order valence-electron chi connectivity index (χ2n) is 9.06. The first-order chi connectivity index (χ1) is 15.5. The fraction of sp³-hybridized carbons (Fsp3) is 0.462. The van der Waals surface area contributed by atoms with Gasteiger partial charge in [-0.3, -0.25) is 10.2 Å². The molecular weight excluding hydrogens is 400 g/mol. The molecule has 1 unspecified atom stereocenters. The molecule has 32 heavy (non-hydrogen) atoms. The first kappa shape index (κ1) is 22.3. The highest BCUT2D eigenvalue weighted by Gasteiger charge is 2.48. The Morgan fingerprint density at radius 3 is 2.09 bits per heavy atom. The Kier molecular flexibility index (Phi) is 6.80. The summed E-state index contributed by atoms with van der Waals surface area (Å²) in [4.78, 5) is 19.4. The van der Waals surface area contributed by atoms with Crippen molar-refractivity contribution in [1.29, 1.82) is 5.41 Å². The van der Waals surface area contributed by atoms with Gasteiger partial charge in [-0.1, -0.05) is 73.5 Å². The number of hydrogen-bond donors (Lipinski definition) is 2. The topological polar surface area (TPSA) is 70.9 Å². The second-order valence-corrected chi connectivity index (χ2v) is 9.06. The molecule has 6 heteroatoms. The van der Waals surface area contributed by atoms with E-state index in [1.807, 2.05) is 65.4 Å². The number of benzene rings is 2. The molecule has 1 heterocycles. The lowest BCUT2D eigenvalue weighted by Crippen LogP contribution is -2.58. The largest absolute Gasteiger partial charge is 0.375 e. The Morgan fingerprint density at radius 2 is 1.50 bits per heavy atom. The van der Waals surface area contributed by atoms with E-state index in [0.717, 1.165) is 31.2 Å². The Morgan fingerprint density at radius 1 is 0.969 bits per heavy atom. The molecule has 1 saturated carbocycles. The van der Waals surface area contributed by atoms with Crippen LogP contribution in [0.15, 0.2) is 60.7 Å². The lowest BCUT2D eigenvalue weighted by atomic mass is 9.79. The summed E-state index contributed by atoms with van der Waals surface area (Å²) in [5.41, 5.74) is 0.407. The molecule has 2 N–H and O–H groups in total. The number of carbonyl (C=O) groups is 1. The van der Waals surface area contributed by atoms with Crippen molar-refractivity contribution in [3.05, 3.63) is 71.8 Å². The summed E-state index contributed by atoms with van der Waals surface area (Å²) in [7, 11) is 1.93. The van der Waals surface area contributed by atoms with E-state index < -0.39 is 5.60 Å². The number of amides is 1. The quantitative estimate of drug-likeness (QED) is 0.560. The molecule has 0 aromatic heterocycles. The van der Waals surface area contributed by atoms with E-state index in [4.69, 9.17) is 5.41 Å². The first-order valence-electron chi connectivity index (χ1n) is 11.7. The van der Waals surface area contributed by atoms with Gasteiger partial charge in [0.2, 0.25) is 0 Å². The van der Waals surface area contributed by atoms with Gasteiger partial charge in [-0.2, -0.15) is 0 Å². The van der Waals surface area contributed by atoms with Gasteiger partial charge in [0.15, 0.2) is 11.6 Å². The molecule has 1 amide bonds. The van der Waals surface area contributed by atoms with E-state index in [-0.39, 0.29) is 11.8 Å². The summed E-state index contributed by atoms with van der Waals surface area (Å²) in [6.45, 7) is 2.90. The van der Waals surface area contributed by atoms with E-state index in [1.54, 1.807) is 4.90 Å². The van der Waals surface area contributed by atoms with Crippen LogP contribution < -0.4 is 0 Å². The van der Waals surface area contributed by atoms with Crippen LogP contribution in [0.2, 0.25) is 0 Å². The summed E-state index contributed by atoms with van der Waals surface area (Å²) in [5, 5.41) is 20.4. The first-order valence-corrected chi connectivity index (χ1v) is 11.7. The summed E-state index contributed by atoms with van der Waals surface area (Å²) >= 11 is 0. The number of piperazine rings is 1. The minimum atomic E-state index is -1.46. The van der Waals surface area contributed by atoms with Crippen molar-refractivity contribution in [2.24, 2.45) is 5.92 Å². The molecule has 0 bridgehead atoms. The van der Waals surface area contributed by atoms with Crippen LogP contribution in [0.4, 0.5) is 0 Å². The highest BCUT2D eigenvalue weighted by molar-refractivity contribution is 5.87. The van der Waals surface area contributed by atoms with E-state index in [0.29, 0.717) is 44.2 Å². The van der Waals surface area contributed by atoms with E-state index >= 15 is 0 Å². The van der Waals surface area contributed by atoms with Crippen LogP contribution in [0.5, 0.6) is 0 Å². The molecular formula is C26H34N4O2. The van der Waals surface area contributed by atoms with Crippen molar-refractivity contribution in [2.75, 3.05) is 33.2 Å². The minimum absolute atomic E-state index is 0.0364. The molecule has 1 aliphatic carbocycles. The molecule has 1 atom stereocenters. The van der Waals surface area contributed by atoms with Crippen molar-refractivity contribution in [3.63, 3.8) is 0 Å². The normalized spacial score (nSPS) is 18.9. The molecule has 2 aromatic carbocycles. The molecule has 2 fully saturated rings. The molecule has 0 spiro atoms. The van der Waals surface area contributed by atoms with Crippen LogP contribution in [0.25, 0.3) is 0 Å². The molecule has 2 aromatic rings. The number of nitrogens with one attached hydrogen (secondary N) is 1. The van der Waals surface area contributed by atoms with Crippen LogP contribution in [-0.2, 0) is 16.9 Å². The summed E-state index contributed by atoms with van der Waals surface area (Å²) in [5.74, 6) is 0.250. The molecule has 1 saturated heterocycles. The predicted octanol–water partition coefficient (Wildman–Crippen LogP) is 3.28. The highest BCUT2D eigenvalue weighted by Crippen LogP contribution is 2.42. The lowest BCUT2D eigenvalue weighted by molar-refractivity contribution is -0.160. The minimum Gasteiger partial charge on any atom is -0.375 e. The number of aliphatic hydroxyl groups is 1. The standard InChI is InChI=1S/C26H34N4O2/c1-28(20-21-10-4-2-5-11-21)25(27)30-18-16-29(17-19-30)24(31)26(32,23-14-8-9-15-23)22-12-6-3-7-13-22/h2-7,10-13,23,27,32H,8-9,14-20H2,1H3. The monoisotopic (exact) mass is 434 g/mol. The fourth-order valence-corrected chi connectivity index (χ4v) is 5.11. The highest BCUT2D eigenvalue weighted by atomic mass is 16.3. The number of rotatable bonds is 5. The zero-order chi connectivity index (χ0) is 22.6. The zero-order valence-electron chi connectivity index (χ0n) is 18.9. The van der Waals surface area contributed by atoms with Crippen molar-refractivity contribution in [1.82, 2.24) is 14.7 Å². The van der Waals surface area contributed by atoms with Gasteiger partial charge < -0.3 is 19.8 Å². The maximum Gasteiger partial charge on any atom is 0.259 e.